The Morgan fingerprint density at radius 3 is 2.71 bits per heavy atom. The quantitative estimate of drug-likeness (QED) is 0.508. The SMILES string of the molecule is Br.NC1N=CCN1. The van der Waals surface area contributed by atoms with E-state index >= 15 is 0 Å². The number of hydrogen-bond acceptors (Lipinski definition) is 3. The van der Waals surface area contributed by atoms with Crippen molar-refractivity contribution in [3.8, 4) is 0 Å². The predicted octanol–water partition coefficient (Wildman–Crippen LogP) is -0.519. The summed E-state index contributed by atoms with van der Waals surface area (Å²) in [4.78, 5) is 3.78. The van der Waals surface area contributed by atoms with Gasteiger partial charge in [0.25, 0.3) is 0 Å². The summed E-state index contributed by atoms with van der Waals surface area (Å²) in [6.07, 6.45) is 1.63. The summed E-state index contributed by atoms with van der Waals surface area (Å²) in [7, 11) is 0. The molecule has 0 spiro atoms. The van der Waals surface area contributed by atoms with Crippen molar-refractivity contribution in [1.82, 2.24) is 5.32 Å². The first-order valence-electron chi connectivity index (χ1n) is 1.90. The molecule has 0 saturated heterocycles. The second kappa shape index (κ2) is 3.12. The van der Waals surface area contributed by atoms with E-state index in [2.05, 4.69) is 10.3 Å². The van der Waals surface area contributed by atoms with E-state index in [9.17, 15) is 0 Å². The molecule has 1 unspecified atom stereocenters. The molecule has 4 heteroatoms. The number of nitrogens with one attached hydrogen (secondary N) is 1. The first-order chi connectivity index (χ1) is 2.89. The van der Waals surface area contributed by atoms with Gasteiger partial charge in [-0.15, -0.1) is 17.0 Å². The van der Waals surface area contributed by atoms with Gasteiger partial charge in [0.1, 0.15) is 0 Å². The lowest BCUT2D eigenvalue weighted by Crippen LogP contribution is -2.30. The highest BCUT2D eigenvalue weighted by atomic mass is 79.9. The van der Waals surface area contributed by atoms with Crippen molar-refractivity contribution in [1.29, 1.82) is 0 Å². The van der Waals surface area contributed by atoms with Crippen molar-refractivity contribution in [3.05, 3.63) is 0 Å². The van der Waals surface area contributed by atoms with Gasteiger partial charge in [-0.05, 0) is 0 Å². The first-order valence-corrected chi connectivity index (χ1v) is 1.90. The molecule has 0 aromatic carbocycles. The predicted molar refractivity (Wildman–Crippen MR) is 34.8 cm³/mol. The summed E-state index contributed by atoms with van der Waals surface area (Å²) in [5.41, 5.74) is 5.23. The van der Waals surface area contributed by atoms with Crippen LogP contribution in [0.25, 0.3) is 0 Å². The van der Waals surface area contributed by atoms with Crippen molar-refractivity contribution >= 4 is 23.2 Å². The average molecular weight is 166 g/mol. The Bertz CT molecular complexity index is 72.6. The van der Waals surface area contributed by atoms with E-state index in [-0.39, 0.29) is 23.3 Å². The number of aliphatic imine (C=N–C) groups is 1. The molecule has 0 fully saturated rings. The van der Waals surface area contributed by atoms with Crippen molar-refractivity contribution < 1.29 is 0 Å². The van der Waals surface area contributed by atoms with Crippen LogP contribution in [0.5, 0.6) is 0 Å². The molecule has 1 aliphatic heterocycles. The highest BCUT2D eigenvalue weighted by Gasteiger charge is 1.97. The largest absolute Gasteiger partial charge is 0.297 e. The molecule has 1 aliphatic rings. The molecule has 0 aliphatic carbocycles. The Morgan fingerprint density at radius 2 is 2.57 bits per heavy atom. The van der Waals surface area contributed by atoms with Crippen LogP contribution < -0.4 is 11.1 Å². The van der Waals surface area contributed by atoms with E-state index < -0.39 is 0 Å². The summed E-state index contributed by atoms with van der Waals surface area (Å²) in [6.45, 7) is 0.821. The van der Waals surface area contributed by atoms with Crippen LogP contribution in [-0.4, -0.2) is 19.0 Å². The Kier molecular flexibility index (Phi) is 3.15. The molecule has 0 bridgehead atoms. The van der Waals surface area contributed by atoms with E-state index in [1.54, 1.807) is 6.21 Å². The number of nitrogens with two attached hydrogens (primary N) is 1. The zero-order valence-corrected chi connectivity index (χ0v) is 5.51. The standard InChI is InChI=1S/C3H7N3.BrH/c4-3-5-1-2-6-3;/h1,3,6H,2,4H2;1H. The van der Waals surface area contributed by atoms with Crippen molar-refractivity contribution in [2.24, 2.45) is 10.7 Å². The summed E-state index contributed by atoms with van der Waals surface area (Å²) in [5.74, 6) is 0. The highest BCUT2D eigenvalue weighted by Crippen LogP contribution is 1.76. The van der Waals surface area contributed by atoms with Crippen LogP contribution in [0, 0.1) is 0 Å². The van der Waals surface area contributed by atoms with Crippen LogP contribution in [0.3, 0.4) is 0 Å². The lowest BCUT2D eigenvalue weighted by atomic mass is 10.8. The average Bonchev–Trinajstić information content (AvgIpc) is 1.86. The van der Waals surface area contributed by atoms with Crippen LogP contribution >= 0.6 is 17.0 Å². The summed E-state index contributed by atoms with van der Waals surface area (Å²) in [6, 6.07) is 0. The third-order valence-electron chi connectivity index (χ3n) is 0.684. The highest BCUT2D eigenvalue weighted by molar-refractivity contribution is 8.93. The van der Waals surface area contributed by atoms with Crippen LogP contribution in [-0.2, 0) is 0 Å². The molecule has 1 atom stereocenters. The van der Waals surface area contributed by atoms with Gasteiger partial charge < -0.3 is 0 Å². The molecule has 3 N–H and O–H groups in total. The molecule has 1 rings (SSSR count). The fourth-order valence-corrected chi connectivity index (χ4v) is 0.392. The molecule has 0 amide bonds. The monoisotopic (exact) mass is 165 g/mol. The normalized spacial score (nSPS) is 27.3. The third-order valence-corrected chi connectivity index (χ3v) is 0.684. The minimum Gasteiger partial charge on any atom is -0.297 e. The molecule has 0 aromatic heterocycles. The van der Waals surface area contributed by atoms with Gasteiger partial charge in [-0.3, -0.25) is 16.0 Å². The maximum absolute atomic E-state index is 5.23. The van der Waals surface area contributed by atoms with Gasteiger partial charge in [0, 0.05) is 12.8 Å². The van der Waals surface area contributed by atoms with E-state index in [0.29, 0.717) is 0 Å². The molecule has 0 radical (unpaired) electrons. The molecule has 1 heterocycles. The molecule has 0 saturated carbocycles. The number of rotatable bonds is 0. The minimum absolute atomic E-state index is 0. The van der Waals surface area contributed by atoms with Gasteiger partial charge in [0.2, 0.25) is 0 Å². The molecule has 42 valence electrons. The third kappa shape index (κ3) is 2.01. The van der Waals surface area contributed by atoms with E-state index in [1.165, 1.54) is 0 Å². The zero-order chi connectivity index (χ0) is 4.41. The van der Waals surface area contributed by atoms with Crippen LogP contribution in [0.4, 0.5) is 0 Å². The lowest BCUT2D eigenvalue weighted by molar-refractivity contribution is 0.630. The molecule has 3 nitrogen and oxygen atoms in total. The van der Waals surface area contributed by atoms with Crippen molar-refractivity contribution in [2.45, 2.75) is 6.29 Å². The minimum atomic E-state index is -0.134. The number of halogens is 1. The fraction of sp³-hybridized carbons (Fsp3) is 0.667. The van der Waals surface area contributed by atoms with Gasteiger partial charge in [0.05, 0.1) is 0 Å². The number of nitrogens with zero attached hydrogens (tertiary/aromatic N) is 1. The van der Waals surface area contributed by atoms with E-state index in [0.717, 1.165) is 6.54 Å². The fourth-order valence-electron chi connectivity index (χ4n) is 0.392. The van der Waals surface area contributed by atoms with Crippen LogP contribution in [0.2, 0.25) is 0 Å². The Labute approximate surface area is 52.8 Å². The van der Waals surface area contributed by atoms with E-state index in [1.807, 2.05) is 0 Å². The smallest absolute Gasteiger partial charge is 0.150 e. The molecule has 0 aromatic rings. The van der Waals surface area contributed by atoms with Crippen molar-refractivity contribution in [3.63, 3.8) is 0 Å². The van der Waals surface area contributed by atoms with Crippen molar-refractivity contribution in [2.75, 3.05) is 6.54 Å². The van der Waals surface area contributed by atoms with Gasteiger partial charge in [-0.25, -0.2) is 0 Å². The molecular formula is C3H8BrN3. The lowest BCUT2D eigenvalue weighted by Gasteiger charge is -1.93. The Morgan fingerprint density at radius 1 is 1.86 bits per heavy atom. The number of hydrogen-bond donors (Lipinski definition) is 2. The van der Waals surface area contributed by atoms with Gasteiger partial charge >= 0.3 is 0 Å². The van der Waals surface area contributed by atoms with Crippen LogP contribution in [0.15, 0.2) is 4.99 Å². The summed E-state index contributed by atoms with van der Waals surface area (Å²) < 4.78 is 0. The Hall–Kier alpha value is 0.0700. The van der Waals surface area contributed by atoms with Gasteiger partial charge in [0.15, 0.2) is 6.29 Å². The first kappa shape index (κ1) is 7.07. The maximum atomic E-state index is 5.23. The topological polar surface area (TPSA) is 50.4 Å². The molecular weight excluding hydrogens is 158 g/mol. The van der Waals surface area contributed by atoms with E-state index in [4.69, 9.17) is 5.73 Å². The second-order valence-corrected chi connectivity index (χ2v) is 1.18. The molecule has 7 heavy (non-hydrogen) atoms. The maximum Gasteiger partial charge on any atom is 0.150 e. The zero-order valence-electron chi connectivity index (χ0n) is 3.79. The summed E-state index contributed by atoms with van der Waals surface area (Å²) in [5, 5.41) is 2.88. The van der Waals surface area contributed by atoms with Crippen LogP contribution in [0.1, 0.15) is 0 Å². The summed E-state index contributed by atoms with van der Waals surface area (Å²) >= 11 is 0. The second-order valence-electron chi connectivity index (χ2n) is 1.18. The Balaban J connectivity index is 0.000000360. The van der Waals surface area contributed by atoms with Gasteiger partial charge in [-0.1, -0.05) is 0 Å². The van der Waals surface area contributed by atoms with Gasteiger partial charge in [-0.2, -0.15) is 0 Å².